The Kier molecular flexibility index (Phi) is 4.44. The van der Waals surface area contributed by atoms with Crippen molar-refractivity contribution in [2.24, 2.45) is 0 Å². The molecular formula is C12H10ClNO4S2. The highest BCUT2D eigenvalue weighted by molar-refractivity contribution is 7.89. The summed E-state index contributed by atoms with van der Waals surface area (Å²) in [6.07, 6.45) is 0. The first-order valence-corrected chi connectivity index (χ1v) is 8.18. The van der Waals surface area contributed by atoms with Crippen LogP contribution in [0.5, 0.6) is 0 Å². The van der Waals surface area contributed by atoms with Gasteiger partial charge >= 0.3 is 5.97 Å². The van der Waals surface area contributed by atoms with Gasteiger partial charge in [0, 0.05) is 9.90 Å². The van der Waals surface area contributed by atoms with Crippen LogP contribution < -0.4 is 4.72 Å². The number of hydrogen-bond acceptors (Lipinski definition) is 4. The lowest BCUT2D eigenvalue weighted by Crippen LogP contribution is -2.33. The molecule has 0 bridgehead atoms. The predicted molar refractivity (Wildman–Crippen MR) is 76.5 cm³/mol. The number of sulfonamides is 1. The minimum absolute atomic E-state index is 0.0373. The maximum absolute atomic E-state index is 12.1. The molecule has 1 aromatic heterocycles. The minimum atomic E-state index is -3.93. The Morgan fingerprint density at radius 1 is 1.25 bits per heavy atom. The number of thiophene rings is 1. The molecule has 0 radical (unpaired) electrons. The van der Waals surface area contributed by atoms with Crippen LogP contribution in [0.1, 0.15) is 10.9 Å². The number of aliphatic carboxylic acids is 1. The second-order valence-electron chi connectivity index (χ2n) is 3.86. The molecule has 1 atom stereocenters. The van der Waals surface area contributed by atoms with Gasteiger partial charge in [-0.3, -0.25) is 4.79 Å². The van der Waals surface area contributed by atoms with Crippen molar-refractivity contribution >= 4 is 38.9 Å². The SMILES string of the molecule is O=C(O)C(NS(=O)(=O)c1ccc(Cl)cc1)c1cccs1. The van der Waals surface area contributed by atoms with Gasteiger partial charge in [0.25, 0.3) is 0 Å². The van der Waals surface area contributed by atoms with Crippen molar-refractivity contribution in [3.8, 4) is 0 Å². The third-order valence-corrected chi connectivity index (χ3v) is 5.10. The van der Waals surface area contributed by atoms with E-state index in [4.69, 9.17) is 16.7 Å². The maximum atomic E-state index is 12.1. The summed E-state index contributed by atoms with van der Waals surface area (Å²) in [6, 6.07) is 7.40. The van der Waals surface area contributed by atoms with Gasteiger partial charge in [-0.1, -0.05) is 17.7 Å². The normalized spacial score (nSPS) is 13.1. The van der Waals surface area contributed by atoms with E-state index in [0.29, 0.717) is 9.90 Å². The number of halogens is 1. The summed E-state index contributed by atoms with van der Waals surface area (Å²) in [6.45, 7) is 0. The number of hydrogen-bond donors (Lipinski definition) is 2. The van der Waals surface area contributed by atoms with Crippen molar-refractivity contribution in [3.05, 3.63) is 51.7 Å². The molecule has 2 N–H and O–H groups in total. The molecule has 1 aromatic carbocycles. The van der Waals surface area contributed by atoms with Gasteiger partial charge in [0.05, 0.1) is 4.90 Å². The Balaban J connectivity index is 2.30. The van der Waals surface area contributed by atoms with Gasteiger partial charge in [-0.05, 0) is 35.7 Å². The molecule has 0 saturated carbocycles. The van der Waals surface area contributed by atoms with Crippen LogP contribution in [0.3, 0.4) is 0 Å². The molecule has 0 aliphatic carbocycles. The van der Waals surface area contributed by atoms with Gasteiger partial charge in [-0.15, -0.1) is 11.3 Å². The van der Waals surface area contributed by atoms with Crippen LogP contribution in [-0.2, 0) is 14.8 Å². The first-order valence-electron chi connectivity index (χ1n) is 5.44. The van der Waals surface area contributed by atoms with Gasteiger partial charge < -0.3 is 5.11 Å². The van der Waals surface area contributed by atoms with E-state index >= 15 is 0 Å². The standard InChI is InChI=1S/C12H10ClNO4S2/c13-8-3-5-9(6-4-8)20(17,18)14-11(12(15)16)10-2-1-7-19-10/h1-7,11,14H,(H,15,16). The van der Waals surface area contributed by atoms with E-state index in [1.165, 1.54) is 35.6 Å². The number of carbonyl (C=O) groups is 1. The second-order valence-corrected chi connectivity index (χ2v) is 6.99. The smallest absolute Gasteiger partial charge is 0.327 e. The minimum Gasteiger partial charge on any atom is -0.480 e. The Hall–Kier alpha value is -1.41. The number of carboxylic acid groups (broad SMARTS) is 1. The number of rotatable bonds is 5. The van der Waals surface area contributed by atoms with Crippen molar-refractivity contribution < 1.29 is 18.3 Å². The molecule has 0 amide bonds. The third-order valence-electron chi connectivity index (χ3n) is 2.47. The van der Waals surface area contributed by atoms with Crippen LogP contribution in [-0.4, -0.2) is 19.5 Å². The molecule has 5 nitrogen and oxygen atoms in total. The molecule has 106 valence electrons. The molecule has 2 rings (SSSR count). The summed E-state index contributed by atoms with van der Waals surface area (Å²) >= 11 is 6.86. The van der Waals surface area contributed by atoms with E-state index in [-0.39, 0.29) is 4.90 Å². The van der Waals surface area contributed by atoms with Crippen LogP contribution in [0, 0.1) is 0 Å². The zero-order chi connectivity index (χ0) is 14.8. The summed E-state index contributed by atoms with van der Waals surface area (Å²) in [5.41, 5.74) is 0. The summed E-state index contributed by atoms with van der Waals surface area (Å²) < 4.78 is 26.5. The number of benzene rings is 1. The lowest BCUT2D eigenvalue weighted by atomic mass is 10.3. The van der Waals surface area contributed by atoms with E-state index in [1.807, 2.05) is 0 Å². The summed E-state index contributed by atoms with van der Waals surface area (Å²) in [4.78, 5) is 11.6. The molecule has 20 heavy (non-hydrogen) atoms. The van der Waals surface area contributed by atoms with Crippen molar-refractivity contribution in [2.45, 2.75) is 10.9 Å². The molecule has 0 aliphatic rings. The fourth-order valence-corrected chi connectivity index (χ4v) is 3.66. The fraction of sp³-hybridized carbons (Fsp3) is 0.0833. The average Bonchev–Trinajstić information content (AvgIpc) is 2.90. The second kappa shape index (κ2) is 5.92. The summed E-state index contributed by atoms with van der Waals surface area (Å²) in [7, 11) is -3.93. The van der Waals surface area contributed by atoms with Crippen molar-refractivity contribution in [1.29, 1.82) is 0 Å². The van der Waals surface area contributed by atoms with Gasteiger partial charge in [-0.25, -0.2) is 8.42 Å². The molecule has 0 fully saturated rings. The van der Waals surface area contributed by atoms with E-state index in [9.17, 15) is 13.2 Å². The highest BCUT2D eigenvalue weighted by atomic mass is 35.5. The number of carboxylic acids is 1. The van der Waals surface area contributed by atoms with Crippen molar-refractivity contribution in [1.82, 2.24) is 4.72 Å². The van der Waals surface area contributed by atoms with Gasteiger partial charge in [0.2, 0.25) is 10.0 Å². The lowest BCUT2D eigenvalue weighted by molar-refractivity contribution is -0.139. The molecule has 0 spiro atoms. The van der Waals surface area contributed by atoms with Crippen LogP contribution in [0.15, 0.2) is 46.7 Å². The molecule has 1 heterocycles. The monoisotopic (exact) mass is 331 g/mol. The van der Waals surface area contributed by atoms with E-state index in [2.05, 4.69) is 4.72 Å². The van der Waals surface area contributed by atoms with E-state index < -0.39 is 22.0 Å². The molecule has 1 unspecified atom stereocenters. The summed E-state index contributed by atoms with van der Waals surface area (Å²) in [5, 5.41) is 11.2. The van der Waals surface area contributed by atoms with Gasteiger partial charge in [0.15, 0.2) is 6.04 Å². The van der Waals surface area contributed by atoms with Crippen LogP contribution in [0.2, 0.25) is 5.02 Å². The largest absolute Gasteiger partial charge is 0.480 e. The zero-order valence-corrected chi connectivity index (χ0v) is 12.4. The highest BCUT2D eigenvalue weighted by Gasteiger charge is 2.27. The lowest BCUT2D eigenvalue weighted by Gasteiger charge is -2.13. The van der Waals surface area contributed by atoms with Gasteiger partial charge in [0.1, 0.15) is 0 Å². The highest BCUT2D eigenvalue weighted by Crippen LogP contribution is 2.22. The van der Waals surface area contributed by atoms with Gasteiger partial charge in [-0.2, -0.15) is 4.72 Å². The Morgan fingerprint density at radius 3 is 2.40 bits per heavy atom. The van der Waals surface area contributed by atoms with Crippen LogP contribution in [0.4, 0.5) is 0 Å². The van der Waals surface area contributed by atoms with Crippen LogP contribution >= 0.6 is 22.9 Å². The maximum Gasteiger partial charge on any atom is 0.327 e. The first-order chi connectivity index (χ1) is 9.40. The average molecular weight is 332 g/mol. The molecule has 0 aliphatic heterocycles. The van der Waals surface area contributed by atoms with Crippen molar-refractivity contribution in [3.63, 3.8) is 0 Å². The Bertz CT molecular complexity index is 696. The molecule has 8 heteroatoms. The van der Waals surface area contributed by atoms with E-state index in [0.717, 1.165) is 0 Å². The predicted octanol–water partition coefficient (Wildman–Crippen LogP) is 2.51. The first kappa shape index (κ1) is 15.0. The van der Waals surface area contributed by atoms with E-state index in [1.54, 1.807) is 17.5 Å². The fourth-order valence-electron chi connectivity index (χ4n) is 1.52. The van der Waals surface area contributed by atoms with Crippen LogP contribution in [0.25, 0.3) is 0 Å². The quantitative estimate of drug-likeness (QED) is 0.881. The number of nitrogens with one attached hydrogen (secondary N) is 1. The molecule has 2 aromatic rings. The third kappa shape index (κ3) is 3.37. The van der Waals surface area contributed by atoms with Crippen molar-refractivity contribution in [2.75, 3.05) is 0 Å². The Morgan fingerprint density at radius 2 is 1.90 bits per heavy atom. The Labute approximate surface area is 124 Å². The topological polar surface area (TPSA) is 83.5 Å². The summed E-state index contributed by atoms with van der Waals surface area (Å²) in [5.74, 6) is -1.26. The molecule has 0 saturated heterocycles. The zero-order valence-electron chi connectivity index (χ0n) is 9.99. The molecular weight excluding hydrogens is 322 g/mol.